The van der Waals surface area contributed by atoms with Gasteiger partial charge in [0.1, 0.15) is 6.04 Å². The number of pyridine rings is 1. The lowest BCUT2D eigenvalue weighted by atomic mass is 10.1. The highest BCUT2D eigenvalue weighted by Crippen LogP contribution is 2.25. The first-order valence-electron chi connectivity index (χ1n) is 8.48. The Hall–Kier alpha value is -1.10. The molecule has 2 heterocycles. The summed E-state index contributed by atoms with van der Waals surface area (Å²) in [6.45, 7) is 5.80. The number of halogens is 4. The summed E-state index contributed by atoms with van der Waals surface area (Å²) in [6, 6.07) is 0.594. The van der Waals surface area contributed by atoms with Crippen LogP contribution in [0.3, 0.4) is 0 Å². The van der Waals surface area contributed by atoms with Gasteiger partial charge in [-0.25, -0.2) is 0 Å². The average molecular weight is 485 g/mol. The van der Waals surface area contributed by atoms with Crippen molar-refractivity contribution in [3.8, 4) is 0 Å². The van der Waals surface area contributed by atoms with Crippen molar-refractivity contribution in [1.82, 2.24) is 20.1 Å². The van der Waals surface area contributed by atoms with Gasteiger partial charge in [-0.2, -0.15) is 13.2 Å². The van der Waals surface area contributed by atoms with E-state index in [1.807, 2.05) is 24.1 Å². The molecule has 1 fully saturated rings. The Morgan fingerprint density at radius 3 is 2.50 bits per heavy atom. The van der Waals surface area contributed by atoms with Crippen LogP contribution in [0.15, 0.2) is 23.5 Å². The van der Waals surface area contributed by atoms with Crippen molar-refractivity contribution in [3.05, 3.63) is 29.6 Å². The van der Waals surface area contributed by atoms with Gasteiger partial charge < -0.3 is 10.2 Å². The first-order chi connectivity index (χ1) is 11.8. The van der Waals surface area contributed by atoms with Crippen molar-refractivity contribution in [2.24, 2.45) is 4.99 Å². The third-order valence-corrected chi connectivity index (χ3v) is 4.66. The van der Waals surface area contributed by atoms with Crippen molar-refractivity contribution in [3.63, 3.8) is 0 Å². The van der Waals surface area contributed by atoms with E-state index in [1.54, 1.807) is 13.2 Å². The number of alkyl halides is 3. The molecule has 5 nitrogen and oxygen atoms in total. The fourth-order valence-corrected chi connectivity index (χ4v) is 2.95. The molecule has 1 aromatic heterocycles. The van der Waals surface area contributed by atoms with E-state index in [1.165, 1.54) is 17.4 Å². The van der Waals surface area contributed by atoms with Crippen LogP contribution < -0.4 is 5.32 Å². The van der Waals surface area contributed by atoms with Crippen LogP contribution in [0.4, 0.5) is 13.2 Å². The van der Waals surface area contributed by atoms with Crippen LogP contribution in [-0.4, -0.2) is 72.7 Å². The number of aliphatic imine (C=N–C) groups is 1. The fraction of sp³-hybridized carbons (Fsp3) is 0.647. The number of aromatic nitrogens is 1. The molecule has 0 saturated carbocycles. The van der Waals surface area contributed by atoms with Gasteiger partial charge in [-0.3, -0.25) is 14.9 Å². The molecule has 0 aromatic carbocycles. The van der Waals surface area contributed by atoms with Gasteiger partial charge in [0.05, 0.1) is 0 Å². The van der Waals surface area contributed by atoms with Crippen LogP contribution in [-0.2, 0) is 6.42 Å². The summed E-state index contributed by atoms with van der Waals surface area (Å²) in [4.78, 5) is 11.8. The quantitative estimate of drug-likeness (QED) is 0.405. The van der Waals surface area contributed by atoms with Crippen LogP contribution in [0, 0.1) is 6.92 Å². The molecule has 1 aliphatic rings. The van der Waals surface area contributed by atoms with E-state index in [9.17, 15) is 13.2 Å². The summed E-state index contributed by atoms with van der Waals surface area (Å²) in [5, 5.41) is 3.30. The molecular weight excluding hydrogens is 458 g/mol. The van der Waals surface area contributed by atoms with Crippen molar-refractivity contribution < 1.29 is 13.2 Å². The zero-order valence-electron chi connectivity index (χ0n) is 15.4. The van der Waals surface area contributed by atoms with Gasteiger partial charge >= 0.3 is 6.18 Å². The normalized spacial score (nSPS) is 17.6. The summed E-state index contributed by atoms with van der Waals surface area (Å²) in [7, 11) is 1.70. The molecule has 9 heteroatoms. The minimum atomic E-state index is -4.18. The molecule has 0 aliphatic carbocycles. The molecule has 26 heavy (non-hydrogen) atoms. The number of nitrogens with one attached hydrogen (secondary N) is 1. The van der Waals surface area contributed by atoms with Gasteiger partial charge in [-0.15, -0.1) is 24.0 Å². The lowest BCUT2D eigenvalue weighted by Crippen LogP contribution is -2.56. The van der Waals surface area contributed by atoms with Gasteiger partial charge in [-0.05, 0) is 37.5 Å². The summed E-state index contributed by atoms with van der Waals surface area (Å²) < 4.78 is 38.5. The molecule has 0 spiro atoms. The number of guanidine groups is 1. The Morgan fingerprint density at radius 1 is 1.31 bits per heavy atom. The third-order valence-electron chi connectivity index (χ3n) is 4.66. The Morgan fingerprint density at radius 2 is 1.96 bits per heavy atom. The van der Waals surface area contributed by atoms with Crippen LogP contribution in [0.25, 0.3) is 0 Å². The highest BCUT2D eigenvalue weighted by atomic mass is 127. The maximum atomic E-state index is 12.8. The van der Waals surface area contributed by atoms with E-state index >= 15 is 0 Å². The molecular formula is C17H27F3IN5. The summed E-state index contributed by atoms with van der Waals surface area (Å²) >= 11 is 0. The highest BCUT2D eigenvalue weighted by molar-refractivity contribution is 14.0. The first-order valence-corrected chi connectivity index (χ1v) is 8.48. The fourth-order valence-electron chi connectivity index (χ4n) is 2.95. The molecule has 1 saturated heterocycles. The maximum absolute atomic E-state index is 12.8. The molecule has 0 amide bonds. The van der Waals surface area contributed by atoms with Crippen LogP contribution in [0.5, 0.6) is 0 Å². The largest absolute Gasteiger partial charge is 0.403 e. The highest BCUT2D eigenvalue weighted by Gasteiger charge is 2.41. The van der Waals surface area contributed by atoms with E-state index in [2.05, 4.69) is 15.3 Å². The van der Waals surface area contributed by atoms with Gasteiger partial charge in [0.25, 0.3) is 0 Å². The predicted octanol–water partition coefficient (Wildman–Crippen LogP) is 2.69. The number of hydrogen-bond acceptors (Lipinski definition) is 3. The molecule has 0 radical (unpaired) electrons. The monoisotopic (exact) mass is 485 g/mol. The Bertz CT molecular complexity index is 586. The topological polar surface area (TPSA) is 43.8 Å². The first kappa shape index (κ1) is 22.9. The number of piperazine rings is 1. The van der Waals surface area contributed by atoms with Crippen LogP contribution >= 0.6 is 24.0 Å². The molecule has 1 N–H and O–H groups in total. The Labute approximate surface area is 170 Å². The second kappa shape index (κ2) is 10.3. The number of nitrogens with zero attached hydrogens (tertiary/aromatic N) is 4. The van der Waals surface area contributed by atoms with Crippen LogP contribution in [0.2, 0.25) is 0 Å². The van der Waals surface area contributed by atoms with Crippen molar-refractivity contribution in [2.45, 2.75) is 32.5 Å². The number of aryl methyl sites for hydroxylation is 1. The van der Waals surface area contributed by atoms with Crippen molar-refractivity contribution in [2.75, 3.05) is 39.8 Å². The number of rotatable bonds is 4. The summed E-state index contributed by atoms with van der Waals surface area (Å²) in [6.07, 6.45) is 0.284. The van der Waals surface area contributed by atoms with E-state index in [0.717, 1.165) is 24.5 Å². The summed E-state index contributed by atoms with van der Waals surface area (Å²) in [5.74, 6) is 0.742. The maximum Gasteiger partial charge on any atom is 0.403 e. The zero-order chi connectivity index (χ0) is 18.4. The minimum Gasteiger partial charge on any atom is -0.356 e. The standard InChI is InChI=1S/C17H26F3N5.HI/c1-13-12-22-6-4-15(13)5-7-23-16(21-3)25-10-8-24(9-11-25)14(2)17(18,19)20;/h4,6,12,14H,5,7-11H2,1-3H3,(H,21,23);1H. The average Bonchev–Trinajstić information content (AvgIpc) is 2.59. The molecule has 1 unspecified atom stereocenters. The number of hydrogen-bond donors (Lipinski definition) is 1. The van der Waals surface area contributed by atoms with Crippen molar-refractivity contribution in [1.29, 1.82) is 0 Å². The van der Waals surface area contributed by atoms with Crippen molar-refractivity contribution >= 4 is 29.9 Å². The van der Waals surface area contributed by atoms with Gasteiger partial charge in [0.15, 0.2) is 5.96 Å². The lowest BCUT2D eigenvalue weighted by molar-refractivity contribution is -0.181. The second-order valence-electron chi connectivity index (χ2n) is 6.27. The zero-order valence-corrected chi connectivity index (χ0v) is 17.7. The minimum absolute atomic E-state index is 0. The van der Waals surface area contributed by atoms with Gasteiger partial charge in [0, 0.05) is 52.2 Å². The molecule has 1 atom stereocenters. The summed E-state index contributed by atoms with van der Waals surface area (Å²) in [5.41, 5.74) is 2.37. The molecule has 1 aliphatic heterocycles. The molecule has 0 bridgehead atoms. The SMILES string of the molecule is CN=C(NCCc1ccncc1C)N1CCN(C(C)C(F)(F)F)CC1.I. The molecule has 148 valence electrons. The second-order valence-corrected chi connectivity index (χ2v) is 6.27. The lowest BCUT2D eigenvalue weighted by Gasteiger charge is -2.39. The molecule has 1 aromatic rings. The van der Waals surface area contributed by atoms with Gasteiger partial charge in [-0.1, -0.05) is 0 Å². The third kappa shape index (κ3) is 6.26. The van der Waals surface area contributed by atoms with E-state index in [4.69, 9.17) is 0 Å². The van der Waals surface area contributed by atoms with E-state index in [0.29, 0.717) is 26.2 Å². The van der Waals surface area contributed by atoms with E-state index < -0.39 is 12.2 Å². The predicted molar refractivity (Wildman–Crippen MR) is 108 cm³/mol. The Balaban J connectivity index is 0.00000338. The van der Waals surface area contributed by atoms with E-state index in [-0.39, 0.29) is 24.0 Å². The molecule has 2 rings (SSSR count). The Kier molecular flexibility index (Phi) is 9.08. The van der Waals surface area contributed by atoms with Crippen LogP contribution in [0.1, 0.15) is 18.1 Å². The smallest absolute Gasteiger partial charge is 0.356 e. The van der Waals surface area contributed by atoms with Gasteiger partial charge in [0.2, 0.25) is 0 Å².